The third kappa shape index (κ3) is 3.65. The third-order valence-corrected chi connectivity index (χ3v) is 5.26. The van der Waals surface area contributed by atoms with Crippen LogP contribution < -0.4 is 0 Å². The van der Waals surface area contributed by atoms with Crippen LogP contribution in [0.1, 0.15) is 16.8 Å². The van der Waals surface area contributed by atoms with Gasteiger partial charge in [0, 0.05) is 21.6 Å². The van der Waals surface area contributed by atoms with Crippen molar-refractivity contribution in [3.8, 4) is 0 Å². The molecule has 1 unspecified atom stereocenters. The van der Waals surface area contributed by atoms with E-state index in [1.54, 1.807) is 0 Å². The van der Waals surface area contributed by atoms with Gasteiger partial charge in [0.25, 0.3) is 9.05 Å². The summed E-state index contributed by atoms with van der Waals surface area (Å²) in [5.74, 6) is -0.709. The van der Waals surface area contributed by atoms with E-state index in [1.807, 2.05) is 0 Å². The van der Waals surface area contributed by atoms with Crippen molar-refractivity contribution in [2.24, 2.45) is 0 Å². The Morgan fingerprint density at radius 3 is 2.70 bits per heavy atom. The normalized spacial score (nSPS) is 19.1. The van der Waals surface area contributed by atoms with E-state index >= 15 is 0 Å². The Morgan fingerprint density at radius 1 is 1.45 bits per heavy atom. The molecule has 1 atom stereocenters. The molecule has 0 spiro atoms. The molecule has 1 aliphatic rings. The molecule has 9 heteroatoms. The van der Waals surface area contributed by atoms with E-state index < -0.39 is 15.0 Å². The fraction of sp³-hybridized carbons (Fsp3) is 0.364. The largest absolute Gasteiger partial charge is 0.456 e. The summed E-state index contributed by atoms with van der Waals surface area (Å²) in [6, 6.07) is 2.38. The molecule has 0 N–H and O–H groups in total. The molecule has 1 aliphatic heterocycles. The van der Waals surface area contributed by atoms with E-state index in [0.29, 0.717) is 19.6 Å². The first kappa shape index (κ1) is 16.0. The quantitative estimate of drug-likeness (QED) is 0.573. The monoisotopic (exact) mass is 402 g/mol. The summed E-state index contributed by atoms with van der Waals surface area (Å²) in [6.07, 6.45) is 0.249. The van der Waals surface area contributed by atoms with E-state index in [4.69, 9.17) is 31.8 Å². The Hall–Kier alpha value is -0.340. The predicted octanol–water partition coefficient (Wildman–Crippen LogP) is 2.98. The van der Waals surface area contributed by atoms with Crippen molar-refractivity contribution >= 4 is 53.2 Å². The first-order chi connectivity index (χ1) is 9.29. The molecule has 1 fully saturated rings. The first-order valence-corrected chi connectivity index (χ1v) is 8.99. The van der Waals surface area contributed by atoms with Crippen molar-refractivity contribution in [1.29, 1.82) is 0 Å². The van der Waals surface area contributed by atoms with Crippen molar-refractivity contribution < 1.29 is 22.7 Å². The molecule has 0 saturated carbocycles. The zero-order valence-corrected chi connectivity index (χ0v) is 13.9. The average Bonchev–Trinajstić information content (AvgIpc) is 2.79. The van der Waals surface area contributed by atoms with Gasteiger partial charge in [0.15, 0.2) is 0 Å². The highest BCUT2D eigenvalue weighted by Crippen LogP contribution is 2.31. The SMILES string of the molecule is O=C(OC1CCOC1)c1cc(S(=O)(=O)Cl)c(Br)cc1Cl. The van der Waals surface area contributed by atoms with Crippen LogP contribution in [0.5, 0.6) is 0 Å². The lowest BCUT2D eigenvalue weighted by molar-refractivity contribution is 0.0270. The molecule has 2 rings (SSSR count). The second-order valence-electron chi connectivity index (χ2n) is 4.09. The molecule has 0 bridgehead atoms. The van der Waals surface area contributed by atoms with Crippen LogP contribution in [0.4, 0.5) is 0 Å². The summed E-state index contributed by atoms with van der Waals surface area (Å²) in [5, 5.41) is 0.0739. The van der Waals surface area contributed by atoms with Crippen LogP contribution in [0.25, 0.3) is 0 Å². The maximum atomic E-state index is 12.0. The van der Waals surface area contributed by atoms with Gasteiger partial charge < -0.3 is 9.47 Å². The average molecular weight is 404 g/mol. The van der Waals surface area contributed by atoms with Gasteiger partial charge in [-0.3, -0.25) is 0 Å². The molecule has 0 aromatic heterocycles. The van der Waals surface area contributed by atoms with Crippen LogP contribution in [-0.2, 0) is 18.5 Å². The maximum absolute atomic E-state index is 12.0. The number of carbonyl (C=O) groups is 1. The van der Waals surface area contributed by atoms with Crippen LogP contribution in [0.2, 0.25) is 5.02 Å². The molecule has 1 heterocycles. The highest BCUT2D eigenvalue weighted by Gasteiger charge is 2.25. The van der Waals surface area contributed by atoms with Crippen LogP contribution in [-0.4, -0.2) is 33.7 Å². The Morgan fingerprint density at radius 2 is 2.15 bits per heavy atom. The lowest BCUT2D eigenvalue weighted by Crippen LogP contribution is -2.18. The minimum atomic E-state index is -4.00. The predicted molar refractivity (Wildman–Crippen MR) is 76.8 cm³/mol. The van der Waals surface area contributed by atoms with Crippen LogP contribution in [0.3, 0.4) is 0 Å². The van der Waals surface area contributed by atoms with Gasteiger partial charge in [0.2, 0.25) is 0 Å². The van der Waals surface area contributed by atoms with Crippen LogP contribution >= 0.6 is 38.2 Å². The summed E-state index contributed by atoms with van der Waals surface area (Å²) in [5.41, 5.74) is -0.0546. The highest BCUT2D eigenvalue weighted by molar-refractivity contribution is 9.10. The van der Waals surface area contributed by atoms with Crippen LogP contribution in [0, 0.1) is 0 Å². The standard InChI is InChI=1S/C11H9BrCl2O5S/c12-8-4-9(13)7(3-10(8)20(14,16)17)11(15)19-6-1-2-18-5-6/h3-4,6H,1-2,5H2. The number of hydrogen-bond acceptors (Lipinski definition) is 5. The summed E-state index contributed by atoms with van der Waals surface area (Å²) in [7, 11) is 1.29. The molecule has 1 aromatic carbocycles. The van der Waals surface area contributed by atoms with Crippen LogP contribution in [0.15, 0.2) is 21.5 Å². The number of ether oxygens (including phenoxy) is 2. The zero-order valence-electron chi connectivity index (χ0n) is 9.94. The molecule has 110 valence electrons. The molecule has 5 nitrogen and oxygen atoms in total. The van der Waals surface area contributed by atoms with Crippen molar-refractivity contribution in [2.45, 2.75) is 17.4 Å². The molecule has 1 aromatic rings. The number of hydrogen-bond donors (Lipinski definition) is 0. The molecule has 0 amide bonds. The second-order valence-corrected chi connectivity index (χ2v) is 7.89. The fourth-order valence-electron chi connectivity index (χ4n) is 1.69. The minimum absolute atomic E-state index is 0.0546. The smallest absolute Gasteiger partial charge is 0.340 e. The van der Waals surface area contributed by atoms with Gasteiger partial charge in [-0.05, 0) is 28.1 Å². The van der Waals surface area contributed by atoms with E-state index in [0.717, 1.165) is 6.07 Å². The second kappa shape index (κ2) is 6.19. The minimum Gasteiger partial charge on any atom is -0.456 e. The van der Waals surface area contributed by atoms with Gasteiger partial charge in [0.1, 0.15) is 6.10 Å². The lowest BCUT2D eigenvalue weighted by atomic mass is 10.2. The van der Waals surface area contributed by atoms with Crippen molar-refractivity contribution in [2.75, 3.05) is 13.2 Å². The first-order valence-electron chi connectivity index (χ1n) is 5.51. The summed E-state index contributed by atoms with van der Waals surface area (Å²) in [6.45, 7) is 0.841. The van der Waals surface area contributed by atoms with Crippen molar-refractivity contribution in [3.63, 3.8) is 0 Å². The van der Waals surface area contributed by atoms with Gasteiger partial charge >= 0.3 is 5.97 Å². The van der Waals surface area contributed by atoms with Gasteiger partial charge in [-0.25, -0.2) is 13.2 Å². The number of carbonyl (C=O) groups excluding carboxylic acids is 1. The molecule has 20 heavy (non-hydrogen) atoms. The summed E-state index contributed by atoms with van der Waals surface area (Å²) in [4.78, 5) is 11.8. The molecular formula is C11H9BrCl2O5S. The van der Waals surface area contributed by atoms with Gasteiger partial charge in [-0.15, -0.1) is 0 Å². The Balaban J connectivity index is 2.33. The lowest BCUT2D eigenvalue weighted by Gasteiger charge is -2.12. The topological polar surface area (TPSA) is 69.7 Å². The highest BCUT2D eigenvalue weighted by atomic mass is 79.9. The summed E-state index contributed by atoms with van der Waals surface area (Å²) < 4.78 is 33.3. The molecule has 1 saturated heterocycles. The third-order valence-electron chi connectivity index (χ3n) is 2.67. The van der Waals surface area contributed by atoms with Crippen molar-refractivity contribution in [3.05, 3.63) is 27.2 Å². The molecule has 0 aliphatic carbocycles. The molecular weight excluding hydrogens is 395 g/mol. The Labute approximate surface area is 133 Å². The number of halogens is 3. The Bertz CT molecular complexity index is 640. The number of rotatable bonds is 3. The van der Waals surface area contributed by atoms with E-state index in [-0.39, 0.29) is 26.1 Å². The zero-order chi connectivity index (χ0) is 14.9. The Kier molecular flexibility index (Phi) is 4.96. The van der Waals surface area contributed by atoms with Gasteiger partial charge in [-0.2, -0.15) is 0 Å². The number of esters is 1. The van der Waals surface area contributed by atoms with Gasteiger partial charge in [0.05, 0.1) is 28.7 Å². The van der Waals surface area contributed by atoms with E-state index in [2.05, 4.69) is 15.9 Å². The van der Waals surface area contributed by atoms with Gasteiger partial charge in [-0.1, -0.05) is 11.6 Å². The number of benzene rings is 1. The van der Waals surface area contributed by atoms with E-state index in [1.165, 1.54) is 6.07 Å². The molecule has 0 radical (unpaired) electrons. The van der Waals surface area contributed by atoms with E-state index in [9.17, 15) is 13.2 Å². The fourth-order valence-corrected chi connectivity index (χ4v) is 4.26. The maximum Gasteiger partial charge on any atom is 0.340 e. The van der Waals surface area contributed by atoms with Crippen molar-refractivity contribution in [1.82, 2.24) is 0 Å². The summed E-state index contributed by atoms with van der Waals surface area (Å²) >= 11 is 8.97.